The molecule has 1 fully saturated rings. The summed E-state index contributed by atoms with van der Waals surface area (Å²) in [5.74, 6) is -4.38. The molecule has 238 valence electrons. The van der Waals surface area contributed by atoms with Gasteiger partial charge in [0, 0.05) is 22.3 Å². The molecule has 0 bridgehead atoms. The molecule has 1 unspecified atom stereocenters. The minimum absolute atomic E-state index is 0.0406. The van der Waals surface area contributed by atoms with Crippen LogP contribution in [0.15, 0.2) is 59.1 Å². The second-order valence-electron chi connectivity index (χ2n) is 14.9. The number of fused-ring (bicyclic) bond motifs is 3. The zero-order valence-corrected chi connectivity index (χ0v) is 26.9. The predicted molar refractivity (Wildman–Crippen MR) is 171 cm³/mol. The Labute approximate surface area is 264 Å². The van der Waals surface area contributed by atoms with Crippen LogP contribution >= 0.6 is 0 Å². The summed E-state index contributed by atoms with van der Waals surface area (Å²) in [4.78, 5) is 40.8. The summed E-state index contributed by atoms with van der Waals surface area (Å²) >= 11 is 0. The molecule has 0 amide bonds. The molecule has 2 aromatic rings. The largest absolute Gasteiger partial charge is 0.511 e. The first kappa shape index (κ1) is 31.3. The van der Waals surface area contributed by atoms with Crippen LogP contribution in [0.3, 0.4) is 0 Å². The number of hydrogen-bond donors (Lipinski definition) is 4. The zero-order valence-electron chi connectivity index (χ0n) is 26.9. The van der Waals surface area contributed by atoms with Gasteiger partial charge in [-0.25, -0.2) is 0 Å². The molecule has 0 aromatic heterocycles. The normalized spacial score (nSPS) is 30.3. The van der Waals surface area contributed by atoms with Crippen molar-refractivity contribution in [2.45, 2.75) is 91.6 Å². The monoisotopic (exact) mass is 612 g/mol. The molecule has 4 aliphatic rings. The van der Waals surface area contributed by atoms with E-state index in [-0.39, 0.29) is 41.4 Å². The lowest BCUT2D eigenvalue weighted by atomic mass is 9.44. The van der Waals surface area contributed by atoms with Crippen molar-refractivity contribution in [1.29, 1.82) is 0 Å². The fourth-order valence-electron chi connectivity index (χ4n) is 9.55. The number of aliphatic hydroxyl groups excluding tert-OH is 2. The van der Waals surface area contributed by atoms with E-state index >= 15 is 0 Å². The number of aromatic hydroxyl groups is 1. The third-order valence-corrected chi connectivity index (χ3v) is 11.4. The molecular formula is C38H44O7. The summed E-state index contributed by atoms with van der Waals surface area (Å²) in [6.07, 6.45) is 7.78. The highest BCUT2D eigenvalue weighted by Gasteiger charge is 2.71. The number of aliphatic hydroxyl groups is 3. The van der Waals surface area contributed by atoms with Gasteiger partial charge in [-0.2, -0.15) is 0 Å². The average molecular weight is 613 g/mol. The summed E-state index contributed by atoms with van der Waals surface area (Å²) < 4.78 is 0. The molecule has 0 aliphatic heterocycles. The van der Waals surface area contributed by atoms with Gasteiger partial charge in [-0.3, -0.25) is 14.4 Å². The molecule has 1 saturated carbocycles. The van der Waals surface area contributed by atoms with Crippen molar-refractivity contribution >= 4 is 17.3 Å². The molecule has 45 heavy (non-hydrogen) atoms. The molecule has 0 spiro atoms. The standard InChI is InChI=1S/C38H44O7/c1-20(2)30-32(41)28(21(3)39)34(43)38(45)35(44)31-33(42)29-26(18-36(31,4)19-37(30,38)5)25(15-16-27(29)40)24-13-11-23(12-14-24)17-22-9-7-6-8-10-22/h11-16,20,22,30,40-41,44-45H,6-10,17-19H2,1-5H3/t30?,36-,37-,38+/m1/s1. The first-order valence-electron chi connectivity index (χ1n) is 16.3. The predicted octanol–water partition coefficient (Wildman–Crippen LogP) is 7.14. The Hall–Kier alpha value is -3.71. The Morgan fingerprint density at radius 2 is 1.60 bits per heavy atom. The molecule has 0 radical (unpaired) electrons. The van der Waals surface area contributed by atoms with Crippen LogP contribution in [-0.4, -0.2) is 43.4 Å². The Morgan fingerprint density at radius 3 is 2.20 bits per heavy atom. The number of carbonyl (C=O) groups excluding carboxylic acids is 3. The fraction of sp³-hybridized carbons (Fsp3) is 0.500. The Bertz CT molecular complexity index is 1670. The van der Waals surface area contributed by atoms with Crippen LogP contribution in [0.4, 0.5) is 0 Å². The van der Waals surface area contributed by atoms with E-state index in [4.69, 9.17) is 0 Å². The van der Waals surface area contributed by atoms with E-state index in [0.29, 0.717) is 11.5 Å². The van der Waals surface area contributed by atoms with Crippen LogP contribution < -0.4 is 0 Å². The number of Topliss-reactive ketones (excluding diaryl/α,β-unsaturated/α-hetero) is 3. The van der Waals surface area contributed by atoms with Crippen LogP contribution in [0, 0.1) is 28.6 Å². The molecule has 4 atom stereocenters. The van der Waals surface area contributed by atoms with Crippen molar-refractivity contribution in [2.24, 2.45) is 28.6 Å². The van der Waals surface area contributed by atoms with Gasteiger partial charge in [0.1, 0.15) is 22.8 Å². The second kappa shape index (κ2) is 10.7. The smallest absolute Gasteiger partial charge is 0.209 e. The summed E-state index contributed by atoms with van der Waals surface area (Å²) in [6.45, 7) is 8.26. The maximum absolute atomic E-state index is 14.3. The van der Waals surface area contributed by atoms with Crippen molar-refractivity contribution < 1.29 is 34.8 Å². The van der Waals surface area contributed by atoms with E-state index in [1.54, 1.807) is 6.92 Å². The van der Waals surface area contributed by atoms with E-state index in [1.807, 2.05) is 26.8 Å². The molecule has 4 N–H and O–H groups in total. The molecule has 4 aliphatic carbocycles. The highest BCUT2D eigenvalue weighted by molar-refractivity contribution is 6.25. The zero-order chi connectivity index (χ0) is 32.6. The Kier molecular flexibility index (Phi) is 7.43. The maximum Gasteiger partial charge on any atom is 0.209 e. The summed E-state index contributed by atoms with van der Waals surface area (Å²) in [5, 5.41) is 46.4. The van der Waals surface area contributed by atoms with Gasteiger partial charge in [0.05, 0.1) is 5.56 Å². The fourth-order valence-corrected chi connectivity index (χ4v) is 9.55. The van der Waals surface area contributed by atoms with Crippen LogP contribution in [0.1, 0.15) is 94.6 Å². The molecule has 0 saturated heterocycles. The van der Waals surface area contributed by atoms with Gasteiger partial charge in [0.15, 0.2) is 17.2 Å². The number of hydrogen-bond acceptors (Lipinski definition) is 7. The van der Waals surface area contributed by atoms with E-state index in [1.165, 1.54) is 43.7 Å². The first-order chi connectivity index (χ1) is 21.2. The van der Waals surface area contributed by atoms with E-state index < -0.39 is 51.0 Å². The SMILES string of the molecule is CC(=O)C1=C(O)C(C(C)C)[C@@]2(C)C[C@@]3(C)Cc4c(-c5ccc(CC6CCCCC6)cc5)ccc(O)c4C(=O)C3=C(O)[C@@]2(O)C1=O. The van der Waals surface area contributed by atoms with Crippen molar-refractivity contribution in [3.63, 3.8) is 0 Å². The lowest BCUT2D eigenvalue weighted by Crippen LogP contribution is -2.67. The lowest BCUT2D eigenvalue weighted by Gasteiger charge is -2.59. The summed E-state index contributed by atoms with van der Waals surface area (Å²) in [7, 11) is 0. The van der Waals surface area contributed by atoms with Crippen LogP contribution in [0.5, 0.6) is 5.75 Å². The maximum atomic E-state index is 14.3. The van der Waals surface area contributed by atoms with Crippen molar-refractivity contribution in [3.8, 4) is 16.9 Å². The third-order valence-electron chi connectivity index (χ3n) is 11.4. The number of benzene rings is 2. The van der Waals surface area contributed by atoms with E-state index in [2.05, 4.69) is 24.3 Å². The van der Waals surface area contributed by atoms with Gasteiger partial charge >= 0.3 is 0 Å². The quantitative estimate of drug-likeness (QED) is 0.264. The Morgan fingerprint density at radius 1 is 0.956 bits per heavy atom. The number of allylic oxidation sites excluding steroid dienone is 2. The molecule has 0 heterocycles. The van der Waals surface area contributed by atoms with E-state index in [9.17, 15) is 34.8 Å². The Balaban J connectivity index is 1.48. The molecule has 7 nitrogen and oxygen atoms in total. The topological polar surface area (TPSA) is 132 Å². The first-order valence-corrected chi connectivity index (χ1v) is 16.3. The third kappa shape index (κ3) is 4.44. The van der Waals surface area contributed by atoms with Gasteiger partial charge in [-0.05, 0) is 66.3 Å². The number of carbonyl (C=O) groups is 3. The van der Waals surface area contributed by atoms with Gasteiger partial charge in [-0.1, -0.05) is 90.1 Å². The van der Waals surface area contributed by atoms with E-state index in [0.717, 1.165) is 24.5 Å². The minimum Gasteiger partial charge on any atom is -0.511 e. The van der Waals surface area contributed by atoms with Crippen molar-refractivity contribution in [3.05, 3.63) is 75.8 Å². The van der Waals surface area contributed by atoms with Crippen molar-refractivity contribution in [2.75, 3.05) is 0 Å². The summed E-state index contributed by atoms with van der Waals surface area (Å²) in [6, 6.07) is 11.7. The number of ketones is 3. The van der Waals surface area contributed by atoms with Crippen molar-refractivity contribution in [1.82, 2.24) is 0 Å². The molecule has 6 rings (SSSR count). The molecule has 2 aromatic carbocycles. The summed E-state index contributed by atoms with van der Waals surface area (Å²) in [5.41, 5.74) is -2.14. The number of rotatable bonds is 5. The van der Waals surface area contributed by atoms with Gasteiger partial charge in [0.25, 0.3) is 0 Å². The highest BCUT2D eigenvalue weighted by atomic mass is 16.3. The van der Waals surface area contributed by atoms with Gasteiger partial charge < -0.3 is 20.4 Å². The van der Waals surface area contributed by atoms with Gasteiger partial charge in [-0.15, -0.1) is 0 Å². The average Bonchev–Trinajstić information content (AvgIpc) is 2.96. The highest BCUT2D eigenvalue weighted by Crippen LogP contribution is 2.65. The second-order valence-corrected chi connectivity index (χ2v) is 14.9. The minimum atomic E-state index is -2.61. The number of phenolic OH excluding ortho intramolecular Hbond substituents is 1. The van der Waals surface area contributed by atoms with Crippen LogP contribution in [-0.2, 0) is 22.4 Å². The van der Waals surface area contributed by atoms with Gasteiger partial charge in [0.2, 0.25) is 5.78 Å². The van der Waals surface area contributed by atoms with Crippen LogP contribution in [0.2, 0.25) is 0 Å². The van der Waals surface area contributed by atoms with Crippen LogP contribution in [0.25, 0.3) is 11.1 Å². The molecule has 7 heteroatoms. The lowest BCUT2D eigenvalue weighted by molar-refractivity contribution is -0.171. The number of phenols is 1. The molecular weight excluding hydrogens is 568 g/mol.